The molecule has 0 aliphatic carbocycles. The molecule has 2 heterocycles. The van der Waals surface area contributed by atoms with E-state index >= 15 is 0 Å². The number of piperidine rings is 1. The summed E-state index contributed by atoms with van der Waals surface area (Å²) in [5, 5.41) is 2.64. The van der Waals surface area contributed by atoms with Gasteiger partial charge in [0.2, 0.25) is 5.91 Å². The number of methoxy groups -OCH3 is 1. The number of likely N-dealkylation sites (tertiary alicyclic amines) is 1. The number of alkyl halides is 3. The fraction of sp³-hybridized carbons (Fsp3) is 0.625. The van der Waals surface area contributed by atoms with Gasteiger partial charge in [0.1, 0.15) is 17.6 Å². The standard InChI is InChI=1S/C16H21F3N4O3/c1-10-9-12(16(17,18)19)22-13(21-10)6-7-20-14(24)11-5-3-4-8-23(11)15(25)26-2/h9,11H,3-8H2,1-2H3,(H,20,24)/t11-/m0/s1. The molecule has 10 heteroatoms. The predicted molar refractivity (Wildman–Crippen MR) is 85.2 cm³/mol. The van der Waals surface area contributed by atoms with E-state index in [4.69, 9.17) is 0 Å². The molecule has 1 aliphatic heterocycles. The first kappa shape index (κ1) is 19.9. The van der Waals surface area contributed by atoms with Gasteiger partial charge in [-0.15, -0.1) is 0 Å². The van der Waals surface area contributed by atoms with E-state index in [-0.39, 0.29) is 30.4 Å². The highest BCUT2D eigenvalue weighted by molar-refractivity contribution is 5.85. The Morgan fingerprint density at radius 1 is 1.35 bits per heavy atom. The number of halogens is 3. The monoisotopic (exact) mass is 374 g/mol. The second-order valence-electron chi connectivity index (χ2n) is 6.02. The maximum Gasteiger partial charge on any atom is 0.433 e. The number of nitrogens with zero attached hydrogens (tertiary/aromatic N) is 3. The van der Waals surface area contributed by atoms with E-state index in [0.717, 1.165) is 18.9 Å². The number of ether oxygens (including phenoxy) is 1. The zero-order valence-corrected chi connectivity index (χ0v) is 14.6. The van der Waals surface area contributed by atoms with Gasteiger partial charge in [0.25, 0.3) is 0 Å². The minimum absolute atomic E-state index is 0.00564. The van der Waals surface area contributed by atoms with E-state index in [1.807, 2.05) is 0 Å². The smallest absolute Gasteiger partial charge is 0.433 e. The molecule has 1 saturated heterocycles. The van der Waals surface area contributed by atoms with Crippen molar-refractivity contribution in [3.63, 3.8) is 0 Å². The molecule has 26 heavy (non-hydrogen) atoms. The highest BCUT2D eigenvalue weighted by Crippen LogP contribution is 2.27. The Morgan fingerprint density at radius 3 is 2.73 bits per heavy atom. The SMILES string of the molecule is COC(=O)N1CCCC[C@H]1C(=O)NCCc1nc(C)cc(C(F)(F)F)n1. The summed E-state index contributed by atoms with van der Waals surface area (Å²) in [4.78, 5) is 32.9. The van der Waals surface area contributed by atoms with Crippen molar-refractivity contribution in [2.45, 2.75) is 44.8 Å². The van der Waals surface area contributed by atoms with Crippen molar-refractivity contribution in [2.24, 2.45) is 0 Å². The van der Waals surface area contributed by atoms with E-state index in [2.05, 4.69) is 20.0 Å². The van der Waals surface area contributed by atoms with Crippen LogP contribution in [0.15, 0.2) is 6.07 Å². The van der Waals surface area contributed by atoms with Crippen LogP contribution in [0.25, 0.3) is 0 Å². The molecule has 7 nitrogen and oxygen atoms in total. The molecule has 2 rings (SSSR count). The third-order valence-corrected chi connectivity index (χ3v) is 4.05. The lowest BCUT2D eigenvalue weighted by atomic mass is 10.0. The first-order valence-corrected chi connectivity index (χ1v) is 8.26. The molecule has 0 saturated carbocycles. The van der Waals surface area contributed by atoms with Crippen molar-refractivity contribution in [2.75, 3.05) is 20.2 Å². The summed E-state index contributed by atoms with van der Waals surface area (Å²) >= 11 is 0. The predicted octanol–water partition coefficient (Wildman–Crippen LogP) is 2.08. The molecule has 1 atom stereocenters. The summed E-state index contributed by atoms with van der Waals surface area (Å²) in [6.45, 7) is 1.96. The molecule has 0 radical (unpaired) electrons. The molecule has 1 N–H and O–H groups in total. The van der Waals surface area contributed by atoms with E-state index in [0.29, 0.717) is 13.0 Å². The first-order chi connectivity index (χ1) is 12.2. The Labute approximate surface area is 148 Å². The lowest BCUT2D eigenvalue weighted by Crippen LogP contribution is -2.52. The Hall–Kier alpha value is -2.39. The van der Waals surface area contributed by atoms with Gasteiger partial charge < -0.3 is 10.1 Å². The number of aryl methyl sites for hydroxylation is 1. The summed E-state index contributed by atoms with van der Waals surface area (Å²) in [5.41, 5.74) is -0.798. The minimum Gasteiger partial charge on any atom is -0.453 e. The summed E-state index contributed by atoms with van der Waals surface area (Å²) < 4.78 is 43.0. The van der Waals surface area contributed by atoms with Crippen LogP contribution in [0.3, 0.4) is 0 Å². The summed E-state index contributed by atoms with van der Waals surface area (Å²) in [6.07, 6.45) is -2.95. The second-order valence-corrected chi connectivity index (χ2v) is 6.02. The van der Waals surface area contributed by atoms with Crippen LogP contribution in [0, 0.1) is 6.92 Å². The number of hydrogen-bond acceptors (Lipinski definition) is 5. The maximum atomic E-state index is 12.8. The molecule has 2 amide bonds. The first-order valence-electron chi connectivity index (χ1n) is 8.26. The zero-order valence-electron chi connectivity index (χ0n) is 14.6. The zero-order chi connectivity index (χ0) is 19.3. The van der Waals surface area contributed by atoms with Crippen LogP contribution in [0.2, 0.25) is 0 Å². The Bertz CT molecular complexity index is 667. The molecule has 1 aliphatic rings. The second kappa shape index (κ2) is 8.33. The summed E-state index contributed by atoms with van der Waals surface area (Å²) in [5.74, 6) is -0.357. The van der Waals surface area contributed by atoms with Crippen LogP contribution >= 0.6 is 0 Å². The van der Waals surface area contributed by atoms with Crippen LogP contribution in [-0.4, -0.2) is 53.1 Å². The van der Waals surface area contributed by atoms with Gasteiger partial charge in [-0.05, 0) is 32.3 Å². The largest absolute Gasteiger partial charge is 0.453 e. The third kappa shape index (κ3) is 5.06. The highest BCUT2D eigenvalue weighted by Gasteiger charge is 2.34. The van der Waals surface area contributed by atoms with Crippen molar-refractivity contribution < 1.29 is 27.5 Å². The summed E-state index contributed by atoms with van der Waals surface area (Å²) in [6, 6.07) is 0.235. The average molecular weight is 374 g/mol. The molecular formula is C16H21F3N4O3. The summed E-state index contributed by atoms with van der Waals surface area (Å²) in [7, 11) is 1.25. The van der Waals surface area contributed by atoms with Gasteiger partial charge in [0.15, 0.2) is 0 Å². The lowest BCUT2D eigenvalue weighted by molar-refractivity contribution is -0.141. The van der Waals surface area contributed by atoms with Gasteiger partial charge in [0.05, 0.1) is 7.11 Å². The number of nitrogens with one attached hydrogen (secondary N) is 1. The lowest BCUT2D eigenvalue weighted by Gasteiger charge is -2.33. The molecule has 1 aromatic rings. The topological polar surface area (TPSA) is 84.4 Å². The maximum absolute atomic E-state index is 12.8. The van der Waals surface area contributed by atoms with E-state index in [1.165, 1.54) is 18.9 Å². The van der Waals surface area contributed by atoms with Crippen molar-refractivity contribution in [1.29, 1.82) is 0 Å². The van der Waals surface area contributed by atoms with Crippen molar-refractivity contribution >= 4 is 12.0 Å². The quantitative estimate of drug-likeness (QED) is 0.872. The average Bonchev–Trinajstić information content (AvgIpc) is 2.59. The van der Waals surface area contributed by atoms with Crippen LogP contribution < -0.4 is 5.32 Å². The number of rotatable bonds is 4. The van der Waals surface area contributed by atoms with Crippen LogP contribution in [0.1, 0.15) is 36.5 Å². The van der Waals surface area contributed by atoms with Crippen LogP contribution in [-0.2, 0) is 22.1 Å². The van der Waals surface area contributed by atoms with Crippen LogP contribution in [0.4, 0.5) is 18.0 Å². The van der Waals surface area contributed by atoms with Gasteiger partial charge in [-0.2, -0.15) is 13.2 Å². The van der Waals surface area contributed by atoms with Gasteiger partial charge in [0, 0.05) is 25.2 Å². The van der Waals surface area contributed by atoms with E-state index in [1.54, 1.807) is 0 Å². The normalized spacial score (nSPS) is 17.7. The number of aromatic nitrogens is 2. The fourth-order valence-electron chi connectivity index (χ4n) is 2.84. The number of hydrogen-bond donors (Lipinski definition) is 1. The highest BCUT2D eigenvalue weighted by atomic mass is 19.4. The Morgan fingerprint density at radius 2 is 2.08 bits per heavy atom. The van der Waals surface area contributed by atoms with E-state index < -0.39 is 24.0 Å². The number of carbonyl (C=O) groups excluding carboxylic acids is 2. The van der Waals surface area contributed by atoms with Crippen LogP contribution in [0.5, 0.6) is 0 Å². The van der Waals surface area contributed by atoms with Gasteiger partial charge in [-0.3, -0.25) is 9.69 Å². The fourth-order valence-corrected chi connectivity index (χ4v) is 2.84. The molecule has 144 valence electrons. The molecular weight excluding hydrogens is 353 g/mol. The third-order valence-electron chi connectivity index (χ3n) is 4.05. The molecule has 0 bridgehead atoms. The molecule has 1 aromatic heterocycles. The van der Waals surface area contributed by atoms with E-state index in [9.17, 15) is 22.8 Å². The Balaban J connectivity index is 1.95. The minimum atomic E-state index is -4.55. The number of carbonyl (C=O) groups is 2. The van der Waals surface area contributed by atoms with Crippen molar-refractivity contribution in [3.05, 3.63) is 23.3 Å². The van der Waals surface area contributed by atoms with Gasteiger partial charge in [-0.1, -0.05) is 0 Å². The van der Waals surface area contributed by atoms with Crippen molar-refractivity contribution in [3.8, 4) is 0 Å². The van der Waals surface area contributed by atoms with Gasteiger partial charge in [-0.25, -0.2) is 14.8 Å². The molecule has 0 spiro atoms. The Kier molecular flexibility index (Phi) is 6.38. The number of amides is 2. The van der Waals surface area contributed by atoms with Gasteiger partial charge >= 0.3 is 12.3 Å². The molecule has 0 unspecified atom stereocenters. The molecule has 1 fully saturated rings. The van der Waals surface area contributed by atoms with Crippen molar-refractivity contribution in [1.82, 2.24) is 20.2 Å². The molecule has 0 aromatic carbocycles.